The molecule has 2 nitrogen and oxygen atoms in total. The van der Waals surface area contributed by atoms with Crippen LogP contribution in [-0.2, 0) is 0 Å². The van der Waals surface area contributed by atoms with Crippen LogP contribution in [0.4, 0.5) is 0 Å². The van der Waals surface area contributed by atoms with Crippen LogP contribution in [-0.4, -0.2) is 17.3 Å². The summed E-state index contributed by atoms with van der Waals surface area (Å²) in [6.07, 6.45) is 9.59. The van der Waals surface area contributed by atoms with Crippen molar-refractivity contribution >= 4 is 6.08 Å². The van der Waals surface area contributed by atoms with Crippen molar-refractivity contribution in [2.75, 3.05) is 7.11 Å². The van der Waals surface area contributed by atoms with Crippen LogP contribution >= 0.6 is 0 Å². The Labute approximate surface area is 121 Å². The van der Waals surface area contributed by atoms with Crippen LogP contribution < -0.4 is 0 Å². The van der Waals surface area contributed by atoms with Crippen molar-refractivity contribution in [1.29, 1.82) is 0 Å². The predicted octanol–water partition coefficient (Wildman–Crippen LogP) is 3.84. The van der Waals surface area contributed by atoms with E-state index in [0.717, 1.165) is 30.8 Å². The minimum Gasteiger partial charge on any atom is -0.508 e. The summed E-state index contributed by atoms with van der Waals surface area (Å²) in [4.78, 5) is 0. The van der Waals surface area contributed by atoms with Gasteiger partial charge >= 0.3 is 0 Å². The normalized spacial score (nSPS) is 33.6. The molecular weight excluding hydrogens is 248 g/mol. The van der Waals surface area contributed by atoms with Crippen molar-refractivity contribution in [2.45, 2.75) is 32.1 Å². The molecule has 2 heteroatoms. The summed E-state index contributed by atoms with van der Waals surface area (Å²) >= 11 is 0. The summed E-state index contributed by atoms with van der Waals surface area (Å²) in [5, 5.41) is 16.6. The van der Waals surface area contributed by atoms with E-state index in [1.54, 1.807) is 11.6 Å². The molecule has 0 atom stereocenters. The van der Waals surface area contributed by atoms with Gasteiger partial charge in [0.2, 0.25) is 0 Å². The second-order valence-corrected chi connectivity index (χ2v) is 6.54. The molecule has 2 N–H and O–H groups in total. The molecule has 1 aromatic carbocycles. The minimum atomic E-state index is 0.383. The number of hydrogen-bond acceptors (Lipinski definition) is 2. The fourth-order valence-corrected chi connectivity index (χ4v) is 4.77. The fraction of sp³-hybridized carbons (Fsp3) is 0.556. The van der Waals surface area contributed by atoms with E-state index in [1.807, 2.05) is 12.1 Å². The number of aliphatic hydroxyl groups is 1. The molecular formula is C18H24O2. The molecule has 108 valence electrons. The highest BCUT2D eigenvalue weighted by molar-refractivity contribution is 5.56. The SMILES string of the molecule is CO.Oc1cccc(C=C2C3CC4CC(C3)CC2C4)c1. The van der Waals surface area contributed by atoms with Crippen molar-refractivity contribution in [3.8, 4) is 5.75 Å². The standard InChI is InChI=1S/C17H20O.CH4O/c18-16-3-1-2-11(9-16)10-17-14-5-12-4-13(7-14)8-15(17)6-12;1-2/h1-3,9-10,12-15,18H,4-8H2;2H,1H3. The Hall–Kier alpha value is -1.28. The maximum atomic E-state index is 9.57. The smallest absolute Gasteiger partial charge is 0.116 e. The highest BCUT2D eigenvalue weighted by Crippen LogP contribution is 2.56. The van der Waals surface area contributed by atoms with Crippen LogP contribution in [0, 0.1) is 23.7 Å². The Morgan fingerprint density at radius 1 is 0.950 bits per heavy atom. The highest BCUT2D eigenvalue weighted by atomic mass is 16.3. The lowest BCUT2D eigenvalue weighted by atomic mass is 9.54. The van der Waals surface area contributed by atoms with E-state index in [1.165, 1.54) is 37.7 Å². The third-order valence-electron chi connectivity index (χ3n) is 5.28. The molecule has 0 heterocycles. The number of hydrogen-bond donors (Lipinski definition) is 2. The number of allylic oxidation sites excluding steroid dienone is 1. The zero-order valence-electron chi connectivity index (χ0n) is 12.1. The molecule has 20 heavy (non-hydrogen) atoms. The first-order valence-corrected chi connectivity index (χ1v) is 7.73. The zero-order chi connectivity index (χ0) is 14.1. The third kappa shape index (κ3) is 2.49. The van der Waals surface area contributed by atoms with E-state index in [0.29, 0.717) is 5.75 Å². The minimum absolute atomic E-state index is 0.383. The van der Waals surface area contributed by atoms with Crippen LogP contribution in [0.15, 0.2) is 29.8 Å². The monoisotopic (exact) mass is 272 g/mol. The van der Waals surface area contributed by atoms with Gasteiger partial charge in [0.25, 0.3) is 0 Å². The average molecular weight is 272 g/mol. The van der Waals surface area contributed by atoms with Gasteiger partial charge in [-0.05, 0) is 73.5 Å². The van der Waals surface area contributed by atoms with Crippen LogP contribution in [0.25, 0.3) is 6.08 Å². The summed E-state index contributed by atoms with van der Waals surface area (Å²) in [6.45, 7) is 0. The Morgan fingerprint density at radius 3 is 2.10 bits per heavy atom. The van der Waals surface area contributed by atoms with Gasteiger partial charge in [0.05, 0.1) is 0 Å². The second kappa shape index (κ2) is 5.61. The van der Waals surface area contributed by atoms with E-state index < -0.39 is 0 Å². The molecule has 4 fully saturated rings. The van der Waals surface area contributed by atoms with Gasteiger partial charge in [-0.25, -0.2) is 0 Å². The summed E-state index contributed by atoms with van der Waals surface area (Å²) in [5.74, 6) is 4.13. The summed E-state index contributed by atoms with van der Waals surface area (Å²) in [5.41, 5.74) is 2.87. The van der Waals surface area contributed by atoms with Gasteiger partial charge in [-0.2, -0.15) is 0 Å². The van der Waals surface area contributed by atoms with E-state index in [2.05, 4.69) is 12.1 Å². The van der Waals surface area contributed by atoms with Crippen molar-refractivity contribution < 1.29 is 10.2 Å². The van der Waals surface area contributed by atoms with Crippen molar-refractivity contribution in [1.82, 2.24) is 0 Å². The molecule has 0 unspecified atom stereocenters. The van der Waals surface area contributed by atoms with E-state index in [4.69, 9.17) is 5.11 Å². The molecule has 1 aromatic rings. The van der Waals surface area contributed by atoms with Gasteiger partial charge in [-0.1, -0.05) is 23.8 Å². The predicted molar refractivity (Wildman–Crippen MR) is 81.3 cm³/mol. The van der Waals surface area contributed by atoms with Crippen LogP contribution in [0.3, 0.4) is 0 Å². The molecule has 4 aliphatic carbocycles. The molecule has 0 aromatic heterocycles. The molecule has 0 saturated heterocycles. The molecule has 0 radical (unpaired) electrons. The number of aromatic hydroxyl groups is 1. The van der Waals surface area contributed by atoms with Gasteiger partial charge in [0.1, 0.15) is 5.75 Å². The largest absolute Gasteiger partial charge is 0.508 e. The molecule has 4 saturated carbocycles. The first-order chi connectivity index (χ1) is 9.78. The van der Waals surface area contributed by atoms with Crippen LogP contribution in [0.5, 0.6) is 5.75 Å². The lowest BCUT2D eigenvalue weighted by Crippen LogP contribution is -2.40. The Kier molecular flexibility index (Phi) is 3.84. The third-order valence-corrected chi connectivity index (χ3v) is 5.28. The number of benzene rings is 1. The van der Waals surface area contributed by atoms with Gasteiger partial charge in [0.15, 0.2) is 0 Å². The molecule has 0 aliphatic heterocycles. The summed E-state index contributed by atoms with van der Waals surface area (Å²) in [7, 11) is 1.00. The Bertz CT molecular complexity index is 474. The molecule has 4 aliphatic rings. The molecule has 5 rings (SSSR count). The van der Waals surface area contributed by atoms with Gasteiger partial charge in [-0.15, -0.1) is 0 Å². The van der Waals surface area contributed by atoms with Gasteiger partial charge < -0.3 is 10.2 Å². The Morgan fingerprint density at radius 2 is 1.55 bits per heavy atom. The van der Waals surface area contributed by atoms with E-state index >= 15 is 0 Å². The van der Waals surface area contributed by atoms with E-state index in [-0.39, 0.29) is 0 Å². The Balaban J connectivity index is 0.000000581. The number of aliphatic hydroxyl groups excluding tert-OH is 1. The second-order valence-electron chi connectivity index (χ2n) is 6.54. The first kappa shape index (κ1) is 13.7. The summed E-state index contributed by atoms with van der Waals surface area (Å²) < 4.78 is 0. The topological polar surface area (TPSA) is 40.5 Å². The number of phenols is 1. The molecule has 0 spiro atoms. The first-order valence-electron chi connectivity index (χ1n) is 7.73. The van der Waals surface area contributed by atoms with Crippen molar-refractivity contribution in [3.63, 3.8) is 0 Å². The quantitative estimate of drug-likeness (QED) is 0.815. The number of rotatable bonds is 1. The van der Waals surface area contributed by atoms with E-state index in [9.17, 15) is 5.11 Å². The molecule has 0 amide bonds. The molecule has 4 bridgehead atoms. The van der Waals surface area contributed by atoms with Gasteiger partial charge in [0, 0.05) is 7.11 Å². The lowest BCUT2D eigenvalue weighted by molar-refractivity contribution is 0.0710. The van der Waals surface area contributed by atoms with Crippen molar-refractivity contribution in [2.24, 2.45) is 23.7 Å². The van der Waals surface area contributed by atoms with Crippen molar-refractivity contribution in [3.05, 3.63) is 35.4 Å². The highest BCUT2D eigenvalue weighted by Gasteiger charge is 2.44. The number of phenolic OH excluding ortho intramolecular Hbond substituents is 1. The lowest BCUT2D eigenvalue weighted by Gasteiger charge is -2.51. The fourth-order valence-electron chi connectivity index (χ4n) is 4.77. The maximum Gasteiger partial charge on any atom is 0.116 e. The zero-order valence-corrected chi connectivity index (χ0v) is 12.1. The average Bonchev–Trinajstić information content (AvgIpc) is 2.44. The summed E-state index contributed by atoms with van der Waals surface area (Å²) in [6, 6.07) is 7.69. The van der Waals surface area contributed by atoms with Gasteiger partial charge in [-0.3, -0.25) is 0 Å². The maximum absolute atomic E-state index is 9.57. The van der Waals surface area contributed by atoms with Crippen LogP contribution in [0.2, 0.25) is 0 Å². The van der Waals surface area contributed by atoms with Crippen LogP contribution in [0.1, 0.15) is 37.7 Å².